The number of rotatable bonds is 8. The van der Waals surface area contributed by atoms with Crippen LogP contribution in [0.3, 0.4) is 0 Å². The van der Waals surface area contributed by atoms with E-state index in [-0.39, 0.29) is 0 Å². The van der Waals surface area contributed by atoms with Gasteiger partial charge in [-0.1, -0.05) is 46.0 Å². The van der Waals surface area contributed by atoms with Crippen molar-refractivity contribution in [3.63, 3.8) is 0 Å². The Bertz CT molecular complexity index is 751. The topological polar surface area (TPSA) is 18.5 Å². The van der Waals surface area contributed by atoms with Crippen LogP contribution in [0, 0.1) is 11.8 Å². The van der Waals surface area contributed by atoms with E-state index in [1.54, 1.807) is 0 Å². The summed E-state index contributed by atoms with van der Waals surface area (Å²) in [4.78, 5) is 1.49. The number of ether oxygens (including phenoxy) is 2. The van der Waals surface area contributed by atoms with Crippen molar-refractivity contribution in [2.75, 3.05) is 13.2 Å². The van der Waals surface area contributed by atoms with Gasteiger partial charge >= 0.3 is 0 Å². The molecule has 1 saturated carbocycles. The van der Waals surface area contributed by atoms with Gasteiger partial charge in [0.05, 0.1) is 19.3 Å². The molecule has 1 aromatic heterocycles. The van der Waals surface area contributed by atoms with Crippen LogP contribution in [0.25, 0.3) is 10.1 Å². The number of thiophene rings is 1. The first kappa shape index (κ1) is 21.2. The zero-order valence-electron chi connectivity index (χ0n) is 18.3. The molecule has 0 radical (unpaired) electrons. The fourth-order valence-corrected chi connectivity index (χ4v) is 6.42. The number of benzene rings is 1. The summed E-state index contributed by atoms with van der Waals surface area (Å²) in [5, 5.41) is 1.35. The zero-order chi connectivity index (χ0) is 20.1. The van der Waals surface area contributed by atoms with Gasteiger partial charge in [-0.25, -0.2) is 0 Å². The van der Waals surface area contributed by atoms with Crippen LogP contribution in [0.1, 0.15) is 88.9 Å². The highest BCUT2D eigenvalue weighted by atomic mass is 32.1. The zero-order valence-corrected chi connectivity index (χ0v) is 19.1. The fraction of sp³-hybridized carbons (Fsp3) is 0.692. The maximum absolute atomic E-state index is 6.23. The smallest absolute Gasteiger partial charge is 0.120 e. The summed E-state index contributed by atoms with van der Waals surface area (Å²) in [5.74, 6) is 3.33. The van der Waals surface area contributed by atoms with Crippen molar-refractivity contribution in [2.24, 2.45) is 11.8 Å². The summed E-state index contributed by atoms with van der Waals surface area (Å²) < 4.78 is 13.7. The van der Waals surface area contributed by atoms with E-state index in [4.69, 9.17) is 9.47 Å². The first-order valence-electron chi connectivity index (χ1n) is 12.0. The molecule has 2 heterocycles. The highest BCUT2D eigenvalue weighted by Crippen LogP contribution is 2.38. The van der Waals surface area contributed by atoms with Gasteiger partial charge in [0.2, 0.25) is 0 Å². The molecule has 1 aliphatic carbocycles. The van der Waals surface area contributed by atoms with Gasteiger partial charge in [0.25, 0.3) is 0 Å². The first-order chi connectivity index (χ1) is 14.2. The Morgan fingerprint density at radius 1 is 0.931 bits per heavy atom. The predicted octanol–water partition coefficient (Wildman–Crippen LogP) is 7.95. The van der Waals surface area contributed by atoms with Crippen molar-refractivity contribution in [1.82, 2.24) is 0 Å². The molecule has 1 aromatic carbocycles. The molecule has 2 nitrogen and oxygen atoms in total. The summed E-state index contributed by atoms with van der Waals surface area (Å²) >= 11 is 1.94. The van der Waals surface area contributed by atoms with Crippen molar-refractivity contribution >= 4 is 21.4 Å². The third-order valence-corrected chi connectivity index (χ3v) is 8.30. The van der Waals surface area contributed by atoms with Crippen LogP contribution in [0.2, 0.25) is 0 Å². The molecule has 160 valence electrons. The van der Waals surface area contributed by atoms with Crippen LogP contribution in [-0.2, 0) is 4.74 Å². The molecule has 2 aromatic rings. The van der Waals surface area contributed by atoms with Gasteiger partial charge in [-0.2, -0.15) is 0 Å². The molecule has 2 aliphatic rings. The number of fused-ring (bicyclic) bond motifs is 1. The molecule has 0 amide bonds. The second-order valence-electron chi connectivity index (χ2n) is 9.35. The molecule has 0 spiro atoms. The van der Waals surface area contributed by atoms with E-state index in [1.807, 2.05) is 11.3 Å². The van der Waals surface area contributed by atoms with Crippen LogP contribution >= 0.6 is 11.3 Å². The van der Waals surface area contributed by atoms with Gasteiger partial charge in [0.15, 0.2) is 0 Å². The minimum atomic E-state index is 0.489. The van der Waals surface area contributed by atoms with Gasteiger partial charge in [0, 0.05) is 15.5 Å². The Hall–Kier alpha value is -1.06. The van der Waals surface area contributed by atoms with Crippen LogP contribution in [0.5, 0.6) is 5.75 Å². The maximum atomic E-state index is 6.23. The van der Waals surface area contributed by atoms with Crippen molar-refractivity contribution < 1.29 is 9.47 Å². The second kappa shape index (κ2) is 10.3. The number of hydrogen-bond acceptors (Lipinski definition) is 3. The van der Waals surface area contributed by atoms with Crippen molar-refractivity contribution in [3.8, 4) is 5.75 Å². The molecule has 0 bridgehead atoms. The molecule has 3 heteroatoms. The van der Waals surface area contributed by atoms with Crippen molar-refractivity contribution in [3.05, 3.63) is 29.1 Å². The standard InChI is InChI=1S/C26H38O2S/c1-3-5-19-7-9-20(10-8-19)17-27-24-14-11-21-15-25(29-26(21)16-24)22-12-13-23(6-4-2)28-18-22/h11,14-16,19-20,22-23H,3-10,12-13,17-18H2,1-2H3. The Morgan fingerprint density at radius 2 is 1.72 bits per heavy atom. The lowest BCUT2D eigenvalue weighted by Gasteiger charge is -2.28. The Balaban J connectivity index is 1.31. The fourth-order valence-electron chi connectivity index (χ4n) is 5.21. The Morgan fingerprint density at radius 3 is 2.45 bits per heavy atom. The van der Waals surface area contributed by atoms with Gasteiger partial charge in [-0.15, -0.1) is 11.3 Å². The first-order valence-corrected chi connectivity index (χ1v) is 12.8. The van der Waals surface area contributed by atoms with Crippen LogP contribution < -0.4 is 4.74 Å². The van der Waals surface area contributed by atoms with Crippen LogP contribution in [0.15, 0.2) is 24.3 Å². The van der Waals surface area contributed by atoms with Crippen molar-refractivity contribution in [2.45, 2.75) is 90.1 Å². The quantitative estimate of drug-likeness (QED) is 0.436. The Labute approximate surface area is 181 Å². The van der Waals surface area contributed by atoms with E-state index < -0.39 is 0 Å². The van der Waals surface area contributed by atoms with E-state index in [1.165, 1.54) is 79.2 Å². The lowest BCUT2D eigenvalue weighted by molar-refractivity contribution is -0.000462. The highest BCUT2D eigenvalue weighted by molar-refractivity contribution is 7.19. The number of hydrogen-bond donors (Lipinski definition) is 0. The largest absolute Gasteiger partial charge is 0.493 e. The molecule has 2 unspecified atom stereocenters. The minimum Gasteiger partial charge on any atom is -0.493 e. The van der Waals surface area contributed by atoms with E-state index in [0.29, 0.717) is 12.0 Å². The summed E-state index contributed by atoms with van der Waals surface area (Å²) in [7, 11) is 0. The Kier molecular flexibility index (Phi) is 7.53. The van der Waals surface area contributed by atoms with E-state index in [9.17, 15) is 0 Å². The van der Waals surface area contributed by atoms with Gasteiger partial charge in [-0.3, -0.25) is 0 Å². The van der Waals surface area contributed by atoms with E-state index in [0.717, 1.165) is 30.8 Å². The van der Waals surface area contributed by atoms with Gasteiger partial charge < -0.3 is 9.47 Å². The summed E-state index contributed by atoms with van der Waals surface area (Å²) in [6.45, 7) is 6.34. The average molecular weight is 415 g/mol. The molecule has 2 fully saturated rings. The third-order valence-electron chi connectivity index (χ3n) is 7.04. The summed E-state index contributed by atoms with van der Waals surface area (Å²) in [6.07, 6.45) is 13.6. The van der Waals surface area contributed by atoms with E-state index in [2.05, 4.69) is 38.1 Å². The van der Waals surface area contributed by atoms with Gasteiger partial charge in [0.1, 0.15) is 5.75 Å². The predicted molar refractivity (Wildman–Crippen MR) is 124 cm³/mol. The molecule has 0 N–H and O–H groups in total. The third kappa shape index (κ3) is 5.55. The molecule has 4 rings (SSSR count). The SMILES string of the molecule is CCCC1CCC(COc2ccc3cc(C4CCC(CCC)OC4)sc3c2)CC1. The molecule has 1 aliphatic heterocycles. The highest BCUT2D eigenvalue weighted by Gasteiger charge is 2.24. The molecular formula is C26H38O2S. The normalized spacial score (nSPS) is 27.9. The summed E-state index contributed by atoms with van der Waals surface area (Å²) in [5.41, 5.74) is 0. The van der Waals surface area contributed by atoms with Crippen LogP contribution in [0.4, 0.5) is 0 Å². The molecule has 29 heavy (non-hydrogen) atoms. The average Bonchev–Trinajstić information content (AvgIpc) is 3.18. The minimum absolute atomic E-state index is 0.489. The lowest BCUT2D eigenvalue weighted by atomic mass is 9.80. The molecular weight excluding hydrogens is 376 g/mol. The molecule has 2 atom stereocenters. The van der Waals surface area contributed by atoms with Crippen molar-refractivity contribution in [1.29, 1.82) is 0 Å². The summed E-state index contributed by atoms with van der Waals surface area (Å²) in [6, 6.07) is 9.05. The lowest BCUT2D eigenvalue weighted by Crippen LogP contribution is -2.24. The monoisotopic (exact) mass is 414 g/mol. The van der Waals surface area contributed by atoms with Crippen LogP contribution in [-0.4, -0.2) is 19.3 Å². The second-order valence-corrected chi connectivity index (χ2v) is 10.5. The maximum Gasteiger partial charge on any atom is 0.120 e. The van der Waals surface area contributed by atoms with Gasteiger partial charge in [-0.05, 0) is 73.6 Å². The molecule has 1 saturated heterocycles. The van der Waals surface area contributed by atoms with E-state index >= 15 is 0 Å².